The van der Waals surface area contributed by atoms with Crippen molar-refractivity contribution in [3.8, 4) is 5.75 Å². The summed E-state index contributed by atoms with van der Waals surface area (Å²) in [5.41, 5.74) is 4.85. The molecule has 1 aromatic carbocycles. The van der Waals surface area contributed by atoms with Crippen molar-refractivity contribution in [3.63, 3.8) is 0 Å². The van der Waals surface area contributed by atoms with Crippen molar-refractivity contribution in [1.29, 1.82) is 0 Å². The van der Waals surface area contributed by atoms with Gasteiger partial charge in [-0.3, -0.25) is 0 Å². The molecule has 0 saturated heterocycles. The zero-order valence-corrected chi connectivity index (χ0v) is 13.0. The first-order valence-electron chi connectivity index (χ1n) is 6.90. The number of aliphatic hydroxyl groups excluding tert-OH is 1. The molecule has 19 heavy (non-hydrogen) atoms. The Bertz CT molecular complexity index is 427. The molecule has 0 radical (unpaired) electrons. The molecule has 3 heteroatoms. The summed E-state index contributed by atoms with van der Waals surface area (Å²) >= 11 is 0. The minimum Gasteiger partial charge on any atom is -0.496 e. The maximum atomic E-state index is 9.38. The highest BCUT2D eigenvalue weighted by molar-refractivity contribution is 5.49. The van der Waals surface area contributed by atoms with Crippen LogP contribution in [-0.2, 0) is 6.54 Å². The minimum absolute atomic E-state index is 0.116. The second-order valence-electron chi connectivity index (χ2n) is 5.56. The molecule has 2 N–H and O–H groups in total. The molecule has 1 unspecified atom stereocenters. The molecule has 0 fully saturated rings. The van der Waals surface area contributed by atoms with E-state index in [-0.39, 0.29) is 12.6 Å². The van der Waals surface area contributed by atoms with Gasteiger partial charge in [0.15, 0.2) is 0 Å². The van der Waals surface area contributed by atoms with Gasteiger partial charge in [0.25, 0.3) is 0 Å². The van der Waals surface area contributed by atoms with Crippen LogP contribution in [0.1, 0.15) is 36.1 Å². The maximum Gasteiger partial charge on any atom is 0.126 e. The number of benzene rings is 1. The fraction of sp³-hybridized carbons (Fsp3) is 0.625. The monoisotopic (exact) mass is 265 g/mol. The van der Waals surface area contributed by atoms with Crippen molar-refractivity contribution in [1.82, 2.24) is 5.32 Å². The Hall–Kier alpha value is -1.06. The van der Waals surface area contributed by atoms with E-state index in [4.69, 9.17) is 4.74 Å². The van der Waals surface area contributed by atoms with E-state index in [1.54, 1.807) is 7.11 Å². The third-order valence-corrected chi connectivity index (χ3v) is 3.86. The Kier molecular flexibility index (Phi) is 5.83. The minimum atomic E-state index is 0.116. The van der Waals surface area contributed by atoms with Gasteiger partial charge >= 0.3 is 0 Å². The van der Waals surface area contributed by atoms with Gasteiger partial charge in [0.05, 0.1) is 13.7 Å². The highest BCUT2D eigenvalue weighted by Gasteiger charge is 2.16. The summed E-state index contributed by atoms with van der Waals surface area (Å²) in [4.78, 5) is 0. The second-order valence-corrected chi connectivity index (χ2v) is 5.56. The topological polar surface area (TPSA) is 41.5 Å². The van der Waals surface area contributed by atoms with Crippen LogP contribution in [0.15, 0.2) is 6.07 Å². The van der Waals surface area contributed by atoms with Crippen LogP contribution in [0, 0.1) is 26.7 Å². The number of ether oxygens (including phenoxy) is 1. The molecule has 1 atom stereocenters. The van der Waals surface area contributed by atoms with Crippen LogP contribution >= 0.6 is 0 Å². The average Bonchev–Trinajstić information content (AvgIpc) is 2.35. The summed E-state index contributed by atoms with van der Waals surface area (Å²) in [5, 5.41) is 12.8. The van der Waals surface area contributed by atoms with E-state index >= 15 is 0 Å². The lowest BCUT2D eigenvalue weighted by molar-refractivity contribution is 0.209. The lowest BCUT2D eigenvalue weighted by Crippen LogP contribution is -2.36. The van der Waals surface area contributed by atoms with E-state index in [9.17, 15) is 5.11 Å². The van der Waals surface area contributed by atoms with E-state index < -0.39 is 0 Å². The maximum absolute atomic E-state index is 9.38. The average molecular weight is 265 g/mol. The van der Waals surface area contributed by atoms with Crippen LogP contribution in [0.2, 0.25) is 0 Å². The fourth-order valence-corrected chi connectivity index (χ4v) is 2.34. The molecule has 0 aliphatic carbocycles. The zero-order valence-electron chi connectivity index (χ0n) is 13.0. The SMILES string of the molecule is COc1c(C)c(C)cc(C)c1CNC(CO)C(C)C. The molecule has 0 bridgehead atoms. The normalized spacial score (nSPS) is 12.8. The molecule has 108 valence electrons. The lowest BCUT2D eigenvalue weighted by Gasteiger charge is -2.22. The first kappa shape index (κ1) is 16.0. The summed E-state index contributed by atoms with van der Waals surface area (Å²) in [7, 11) is 1.72. The Labute approximate surface area is 117 Å². The van der Waals surface area contributed by atoms with Gasteiger partial charge in [-0.05, 0) is 43.4 Å². The van der Waals surface area contributed by atoms with Gasteiger partial charge in [-0.15, -0.1) is 0 Å². The number of aliphatic hydroxyl groups is 1. The predicted molar refractivity (Wildman–Crippen MR) is 79.8 cm³/mol. The molecular weight excluding hydrogens is 238 g/mol. The Balaban J connectivity index is 2.98. The Morgan fingerprint density at radius 3 is 2.32 bits per heavy atom. The third-order valence-electron chi connectivity index (χ3n) is 3.86. The Morgan fingerprint density at radius 1 is 1.21 bits per heavy atom. The van der Waals surface area contributed by atoms with E-state index in [1.807, 2.05) is 0 Å². The van der Waals surface area contributed by atoms with E-state index in [1.165, 1.54) is 22.3 Å². The quantitative estimate of drug-likeness (QED) is 0.831. The lowest BCUT2D eigenvalue weighted by atomic mass is 9.98. The van der Waals surface area contributed by atoms with Crippen LogP contribution in [0.4, 0.5) is 0 Å². The molecule has 0 amide bonds. The summed E-state index contributed by atoms with van der Waals surface area (Å²) in [6, 6.07) is 2.31. The molecule has 0 aromatic heterocycles. The smallest absolute Gasteiger partial charge is 0.126 e. The van der Waals surface area contributed by atoms with Gasteiger partial charge in [0.2, 0.25) is 0 Å². The number of aryl methyl sites for hydroxylation is 2. The van der Waals surface area contributed by atoms with E-state index in [2.05, 4.69) is 46.0 Å². The van der Waals surface area contributed by atoms with Crippen molar-refractivity contribution in [2.75, 3.05) is 13.7 Å². The zero-order chi connectivity index (χ0) is 14.6. The van der Waals surface area contributed by atoms with Crippen molar-refractivity contribution in [2.45, 2.75) is 47.2 Å². The molecule has 0 spiro atoms. The van der Waals surface area contributed by atoms with Crippen molar-refractivity contribution >= 4 is 0 Å². The van der Waals surface area contributed by atoms with Crippen molar-refractivity contribution in [2.24, 2.45) is 5.92 Å². The van der Waals surface area contributed by atoms with Gasteiger partial charge in [-0.2, -0.15) is 0 Å². The van der Waals surface area contributed by atoms with Crippen molar-refractivity contribution < 1.29 is 9.84 Å². The molecule has 0 saturated carbocycles. The molecule has 0 aliphatic heterocycles. The Morgan fingerprint density at radius 2 is 1.84 bits per heavy atom. The first-order chi connectivity index (χ1) is 8.92. The van der Waals surface area contributed by atoms with E-state index in [0.29, 0.717) is 5.92 Å². The molecule has 0 heterocycles. The number of hydrogen-bond acceptors (Lipinski definition) is 3. The molecule has 3 nitrogen and oxygen atoms in total. The van der Waals surface area contributed by atoms with Crippen LogP contribution in [-0.4, -0.2) is 24.9 Å². The first-order valence-corrected chi connectivity index (χ1v) is 6.90. The second kappa shape index (κ2) is 6.92. The molecule has 1 rings (SSSR count). The van der Waals surface area contributed by atoms with Gasteiger partial charge in [-0.1, -0.05) is 19.9 Å². The number of methoxy groups -OCH3 is 1. The van der Waals surface area contributed by atoms with Gasteiger partial charge in [0.1, 0.15) is 5.75 Å². The van der Waals surface area contributed by atoms with Gasteiger partial charge in [0, 0.05) is 18.2 Å². The predicted octanol–water partition coefficient (Wildman–Crippen LogP) is 2.73. The highest BCUT2D eigenvalue weighted by atomic mass is 16.5. The summed E-state index contributed by atoms with van der Waals surface area (Å²) in [5.74, 6) is 1.37. The van der Waals surface area contributed by atoms with Gasteiger partial charge in [-0.25, -0.2) is 0 Å². The largest absolute Gasteiger partial charge is 0.496 e. The van der Waals surface area contributed by atoms with Crippen LogP contribution < -0.4 is 10.1 Å². The fourth-order valence-electron chi connectivity index (χ4n) is 2.34. The number of nitrogens with one attached hydrogen (secondary N) is 1. The molecular formula is C16H27NO2. The standard InChI is InChI=1S/C16H27NO2/c1-10(2)15(9-18)17-8-14-12(4)7-11(3)13(5)16(14)19-6/h7,10,15,17-18H,8-9H2,1-6H3. The van der Waals surface area contributed by atoms with Crippen LogP contribution in [0.3, 0.4) is 0 Å². The van der Waals surface area contributed by atoms with E-state index in [0.717, 1.165) is 12.3 Å². The summed E-state index contributed by atoms with van der Waals surface area (Å²) < 4.78 is 5.56. The number of rotatable bonds is 6. The van der Waals surface area contributed by atoms with Crippen LogP contribution in [0.5, 0.6) is 5.75 Å². The van der Waals surface area contributed by atoms with Gasteiger partial charge < -0.3 is 15.2 Å². The third kappa shape index (κ3) is 3.71. The highest BCUT2D eigenvalue weighted by Crippen LogP contribution is 2.29. The number of hydrogen-bond donors (Lipinski definition) is 2. The van der Waals surface area contributed by atoms with Crippen LogP contribution in [0.25, 0.3) is 0 Å². The summed E-state index contributed by atoms with van der Waals surface area (Å²) in [6.45, 7) is 11.4. The molecule has 1 aromatic rings. The molecule has 0 aliphatic rings. The van der Waals surface area contributed by atoms with Crippen molar-refractivity contribution in [3.05, 3.63) is 28.3 Å². The summed E-state index contributed by atoms with van der Waals surface area (Å²) in [6.07, 6.45) is 0.